The number of carboxylic acid groups (broad SMARTS) is 1. The van der Waals surface area contributed by atoms with Gasteiger partial charge < -0.3 is 15.3 Å². The molecule has 0 aromatic heterocycles. The first-order valence-electron chi connectivity index (χ1n) is 10.4. The number of hydrogen-bond donors (Lipinski definition) is 3. The van der Waals surface area contributed by atoms with Crippen molar-refractivity contribution in [2.45, 2.75) is 96.2 Å². The van der Waals surface area contributed by atoms with Crippen LogP contribution in [0.3, 0.4) is 0 Å². The Morgan fingerprint density at radius 1 is 0.846 bits per heavy atom. The highest BCUT2D eigenvalue weighted by Gasteiger charge is 2.39. The molecular formula is C22H38O4. The maximum atomic E-state index is 10.4. The van der Waals surface area contributed by atoms with Crippen LogP contribution in [0.1, 0.15) is 84.0 Å². The molecule has 26 heavy (non-hydrogen) atoms. The average molecular weight is 367 g/mol. The van der Waals surface area contributed by atoms with Gasteiger partial charge in [0.2, 0.25) is 0 Å². The van der Waals surface area contributed by atoms with Crippen LogP contribution in [0.15, 0.2) is 24.3 Å². The first kappa shape index (κ1) is 22.9. The average Bonchev–Trinajstić information content (AvgIpc) is 2.86. The van der Waals surface area contributed by atoms with Crippen LogP contribution in [0.5, 0.6) is 0 Å². The van der Waals surface area contributed by atoms with E-state index in [2.05, 4.69) is 31.2 Å². The van der Waals surface area contributed by atoms with E-state index >= 15 is 0 Å². The summed E-state index contributed by atoms with van der Waals surface area (Å²) < 4.78 is 0. The fourth-order valence-corrected chi connectivity index (χ4v) is 3.80. The number of carboxylic acids is 1. The standard InChI is InChI=1S/C22H38O4/c1-2-3-4-5-8-11-14-18-19(21(24)17-20(18)23)15-12-9-6-7-10-13-16-22(25)26/h8-9,11-12,18-21,23-24H,2-7,10,13-17H2,1H3,(H,25,26)/t18-,19-,20-,21+/m1/s1. The topological polar surface area (TPSA) is 77.8 Å². The summed E-state index contributed by atoms with van der Waals surface area (Å²) in [5.41, 5.74) is 0. The van der Waals surface area contributed by atoms with Crippen molar-refractivity contribution in [3.05, 3.63) is 24.3 Å². The van der Waals surface area contributed by atoms with Gasteiger partial charge in [-0.2, -0.15) is 0 Å². The van der Waals surface area contributed by atoms with E-state index in [1.807, 2.05) is 0 Å². The Morgan fingerprint density at radius 2 is 1.38 bits per heavy atom. The fourth-order valence-electron chi connectivity index (χ4n) is 3.80. The van der Waals surface area contributed by atoms with Gasteiger partial charge in [0.25, 0.3) is 0 Å². The molecule has 0 saturated heterocycles. The highest BCUT2D eigenvalue weighted by Crippen LogP contribution is 2.37. The minimum Gasteiger partial charge on any atom is -0.481 e. The van der Waals surface area contributed by atoms with Gasteiger partial charge in [-0.05, 0) is 63.2 Å². The largest absolute Gasteiger partial charge is 0.481 e. The predicted molar refractivity (Wildman–Crippen MR) is 106 cm³/mol. The van der Waals surface area contributed by atoms with E-state index < -0.39 is 18.2 Å². The zero-order valence-electron chi connectivity index (χ0n) is 16.4. The number of hydrogen-bond acceptors (Lipinski definition) is 3. The molecule has 1 rings (SSSR count). The molecular weight excluding hydrogens is 328 g/mol. The first-order chi connectivity index (χ1) is 12.6. The second-order valence-electron chi connectivity index (χ2n) is 7.60. The van der Waals surface area contributed by atoms with Gasteiger partial charge in [-0.3, -0.25) is 4.79 Å². The van der Waals surface area contributed by atoms with E-state index in [0.29, 0.717) is 6.42 Å². The van der Waals surface area contributed by atoms with Crippen molar-refractivity contribution in [2.75, 3.05) is 0 Å². The highest BCUT2D eigenvalue weighted by atomic mass is 16.4. The van der Waals surface area contributed by atoms with Crippen LogP contribution in [0.4, 0.5) is 0 Å². The third-order valence-electron chi connectivity index (χ3n) is 5.41. The Balaban J connectivity index is 2.28. The Kier molecular flexibility index (Phi) is 12.3. The van der Waals surface area contributed by atoms with E-state index in [0.717, 1.165) is 44.9 Å². The lowest BCUT2D eigenvalue weighted by atomic mass is 9.87. The van der Waals surface area contributed by atoms with Gasteiger partial charge in [0, 0.05) is 6.42 Å². The molecule has 0 heterocycles. The van der Waals surface area contributed by atoms with Crippen LogP contribution < -0.4 is 0 Å². The quantitative estimate of drug-likeness (QED) is 0.303. The van der Waals surface area contributed by atoms with Gasteiger partial charge in [0.1, 0.15) is 0 Å². The lowest BCUT2D eigenvalue weighted by Gasteiger charge is -2.21. The van der Waals surface area contributed by atoms with Gasteiger partial charge in [0.15, 0.2) is 0 Å². The van der Waals surface area contributed by atoms with Crippen molar-refractivity contribution in [1.29, 1.82) is 0 Å². The Hall–Kier alpha value is -1.13. The number of rotatable bonds is 14. The summed E-state index contributed by atoms with van der Waals surface area (Å²) in [5.74, 6) is -0.444. The molecule has 4 nitrogen and oxygen atoms in total. The number of carbonyl (C=O) groups is 1. The number of aliphatic hydroxyl groups excluding tert-OH is 2. The monoisotopic (exact) mass is 366 g/mol. The SMILES string of the molecule is CCCCCC=CC[C@@H]1[C@@H](CC=CCCCCCC(=O)O)[C@@H](O)C[C@H]1O. The zero-order chi connectivity index (χ0) is 19.2. The van der Waals surface area contributed by atoms with Crippen molar-refractivity contribution in [3.8, 4) is 0 Å². The summed E-state index contributed by atoms with van der Waals surface area (Å²) in [4.78, 5) is 10.4. The smallest absolute Gasteiger partial charge is 0.303 e. The summed E-state index contributed by atoms with van der Waals surface area (Å²) in [6.07, 6.45) is 18.7. The van der Waals surface area contributed by atoms with Crippen LogP contribution in [0, 0.1) is 11.8 Å². The Bertz CT molecular complexity index is 430. The molecule has 0 aromatic rings. The Labute approximate surface area is 159 Å². The summed E-state index contributed by atoms with van der Waals surface area (Å²) in [7, 11) is 0. The summed E-state index contributed by atoms with van der Waals surface area (Å²) in [5, 5.41) is 29.1. The molecule has 0 amide bonds. The fraction of sp³-hybridized carbons (Fsp3) is 0.773. The van der Waals surface area contributed by atoms with Crippen molar-refractivity contribution in [2.24, 2.45) is 11.8 Å². The first-order valence-corrected chi connectivity index (χ1v) is 10.4. The van der Waals surface area contributed by atoms with Crippen molar-refractivity contribution < 1.29 is 20.1 Å². The molecule has 1 saturated carbocycles. The van der Waals surface area contributed by atoms with Crippen LogP contribution >= 0.6 is 0 Å². The van der Waals surface area contributed by atoms with E-state index in [9.17, 15) is 15.0 Å². The molecule has 0 bridgehead atoms. The highest BCUT2D eigenvalue weighted by molar-refractivity contribution is 5.66. The van der Waals surface area contributed by atoms with Crippen LogP contribution in [0.2, 0.25) is 0 Å². The number of allylic oxidation sites excluding steroid dienone is 4. The van der Waals surface area contributed by atoms with Gasteiger partial charge in [-0.1, -0.05) is 50.5 Å². The summed E-state index contributed by atoms with van der Waals surface area (Å²) >= 11 is 0. The third-order valence-corrected chi connectivity index (χ3v) is 5.41. The van der Waals surface area contributed by atoms with E-state index in [1.165, 1.54) is 19.3 Å². The second kappa shape index (κ2) is 14.0. The number of aliphatic hydroxyl groups is 2. The van der Waals surface area contributed by atoms with Gasteiger partial charge in [-0.15, -0.1) is 0 Å². The molecule has 0 unspecified atom stereocenters. The van der Waals surface area contributed by atoms with Crippen LogP contribution in [-0.2, 0) is 4.79 Å². The van der Waals surface area contributed by atoms with Gasteiger partial charge in [-0.25, -0.2) is 0 Å². The number of unbranched alkanes of at least 4 members (excludes halogenated alkanes) is 6. The van der Waals surface area contributed by atoms with Crippen molar-refractivity contribution >= 4 is 5.97 Å². The van der Waals surface area contributed by atoms with Crippen molar-refractivity contribution in [1.82, 2.24) is 0 Å². The molecule has 0 radical (unpaired) electrons. The van der Waals surface area contributed by atoms with E-state index in [4.69, 9.17) is 5.11 Å². The van der Waals surface area contributed by atoms with E-state index in [-0.39, 0.29) is 18.3 Å². The second-order valence-corrected chi connectivity index (χ2v) is 7.60. The maximum absolute atomic E-state index is 10.4. The third kappa shape index (κ3) is 9.54. The maximum Gasteiger partial charge on any atom is 0.303 e. The molecule has 0 spiro atoms. The lowest BCUT2D eigenvalue weighted by molar-refractivity contribution is -0.137. The molecule has 4 atom stereocenters. The molecule has 1 fully saturated rings. The molecule has 4 heteroatoms. The zero-order valence-corrected chi connectivity index (χ0v) is 16.4. The molecule has 1 aliphatic carbocycles. The van der Waals surface area contributed by atoms with Crippen LogP contribution in [0.25, 0.3) is 0 Å². The molecule has 150 valence electrons. The minimum absolute atomic E-state index is 0.133. The molecule has 1 aliphatic rings. The molecule has 0 aromatic carbocycles. The van der Waals surface area contributed by atoms with Crippen LogP contribution in [-0.4, -0.2) is 33.5 Å². The normalized spacial score (nSPS) is 26.3. The van der Waals surface area contributed by atoms with Crippen molar-refractivity contribution in [3.63, 3.8) is 0 Å². The predicted octanol–water partition coefficient (Wildman–Crippen LogP) is 4.85. The molecule has 0 aliphatic heterocycles. The summed E-state index contributed by atoms with van der Waals surface area (Å²) in [6, 6.07) is 0. The molecule has 3 N–H and O–H groups in total. The minimum atomic E-state index is -0.722. The summed E-state index contributed by atoms with van der Waals surface area (Å²) in [6.45, 7) is 2.20. The van der Waals surface area contributed by atoms with E-state index in [1.54, 1.807) is 0 Å². The van der Waals surface area contributed by atoms with Gasteiger partial charge >= 0.3 is 5.97 Å². The lowest BCUT2D eigenvalue weighted by Crippen LogP contribution is -2.21. The number of aliphatic carboxylic acids is 1. The Morgan fingerprint density at radius 3 is 1.88 bits per heavy atom. The van der Waals surface area contributed by atoms with Gasteiger partial charge in [0.05, 0.1) is 12.2 Å².